The fraction of sp³-hybridized carbons (Fsp3) is 0.467. The van der Waals surface area contributed by atoms with Gasteiger partial charge in [-0.15, -0.1) is 0 Å². The van der Waals surface area contributed by atoms with Gasteiger partial charge in [0.15, 0.2) is 0 Å². The SMILES string of the molecule is C=C(C)NC(=C)/C(C)=C/C=C\C.CC.CC. The van der Waals surface area contributed by atoms with Gasteiger partial charge in [0, 0.05) is 11.4 Å². The van der Waals surface area contributed by atoms with E-state index in [9.17, 15) is 0 Å². The lowest BCUT2D eigenvalue weighted by Crippen LogP contribution is -2.08. The van der Waals surface area contributed by atoms with Gasteiger partial charge in [0.05, 0.1) is 0 Å². The van der Waals surface area contributed by atoms with E-state index in [1.165, 1.54) is 0 Å². The van der Waals surface area contributed by atoms with Crippen LogP contribution in [0.3, 0.4) is 0 Å². The molecule has 0 bridgehead atoms. The Hall–Kier alpha value is -1.24. The normalized spacial score (nSPS) is 9.56. The number of rotatable bonds is 4. The first-order chi connectivity index (χ1) is 7.57. The highest BCUT2D eigenvalue weighted by molar-refractivity contribution is 5.30. The summed E-state index contributed by atoms with van der Waals surface area (Å²) in [6.45, 7) is 21.5. The maximum Gasteiger partial charge on any atom is 0.0338 e. The Morgan fingerprint density at radius 2 is 1.44 bits per heavy atom. The molecule has 0 heterocycles. The van der Waals surface area contributed by atoms with Crippen LogP contribution in [0.4, 0.5) is 0 Å². The van der Waals surface area contributed by atoms with Crippen LogP contribution in [0, 0.1) is 0 Å². The Morgan fingerprint density at radius 3 is 1.75 bits per heavy atom. The third-order valence-corrected chi connectivity index (χ3v) is 1.38. The Balaban J connectivity index is -0.000000376. The predicted molar refractivity (Wildman–Crippen MR) is 78.4 cm³/mol. The lowest BCUT2D eigenvalue weighted by Gasteiger charge is -2.07. The van der Waals surface area contributed by atoms with Crippen LogP contribution in [0.2, 0.25) is 0 Å². The maximum atomic E-state index is 3.87. The average molecular weight is 223 g/mol. The van der Waals surface area contributed by atoms with Gasteiger partial charge >= 0.3 is 0 Å². The smallest absolute Gasteiger partial charge is 0.0338 e. The Bertz CT molecular complexity index is 232. The highest BCUT2D eigenvalue weighted by atomic mass is 14.9. The van der Waals surface area contributed by atoms with Crippen molar-refractivity contribution >= 4 is 0 Å². The fourth-order valence-electron chi connectivity index (χ4n) is 0.697. The van der Waals surface area contributed by atoms with Gasteiger partial charge in [-0.3, -0.25) is 0 Å². The largest absolute Gasteiger partial charge is 0.360 e. The molecule has 0 aromatic rings. The van der Waals surface area contributed by atoms with E-state index in [-0.39, 0.29) is 0 Å². The highest BCUT2D eigenvalue weighted by Gasteiger charge is 1.93. The molecule has 1 heteroatoms. The number of nitrogens with one attached hydrogen (secondary N) is 1. The second kappa shape index (κ2) is 16.2. The summed E-state index contributed by atoms with van der Waals surface area (Å²) >= 11 is 0. The van der Waals surface area contributed by atoms with Gasteiger partial charge in [0.25, 0.3) is 0 Å². The zero-order valence-electron chi connectivity index (χ0n) is 12.1. The van der Waals surface area contributed by atoms with Crippen molar-refractivity contribution in [3.8, 4) is 0 Å². The van der Waals surface area contributed by atoms with Crippen molar-refractivity contribution in [3.63, 3.8) is 0 Å². The zero-order valence-corrected chi connectivity index (χ0v) is 12.1. The molecule has 94 valence electrons. The van der Waals surface area contributed by atoms with Crippen LogP contribution in [0.25, 0.3) is 0 Å². The molecule has 0 aliphatic heterocycles. The number of hydrogen-bond acceptors (Lipinski definition) is 1. The lowest BCUT2D eigenvalue weighted by molar-refractivity contribution is 0.989. The molecule has 1 N–H and O–H groups in total. The topological polar surface area (TPSA) is 12.0 Å². The first kappa shape index (κ1) is 20.2. The van der Waals surface area contributed by atoms with Crippen LogP contribution in [0.15, 0.2) is 48.4 Å². The van der Waals surface area contributed by atoms with Crippen molar-refractivity contribution in [3.05, 3.63) is 48.4 Å². The van der Waals surface area contributed by atoms with Gasteiger partial charge in [-0.1, -0.05) is 59.1 Å². The minimum absolute atomic E-state index is 0.903. The van der Waals surface area contributed by atoms with E-state index >= 15 is 0 Å². The van der Waals surface area contributed by atoms with Crippen molar-refractivity contribution in [2.45, 2.75) is 48.5 Å². The van der Waals surface area contributed by atoms with E-state index in [2.05, 4.69) is 18.5 Å². The molecule has 0 saturated carbocycles. The summed E-state index contributed by atoms with van der Waals surface area (Å²) in [5.74, 6) is 0. The Labute approximate surface area is 103 Å². The molecule has 1 nitrogen and oxygen atoms in total. The molecule has 0 aromatic carbocycles. The van der Waals surface area contributed by atoms with Crippen molar-refractivity contribution < 1.29 is 0 Å². The molecule has 0 saturated heterocycles. The van der Waals surface area contributed by atoms with Gasteiger partial charge in [-0.25, -0.2) is 0 Å². The third kappa shape index (κ3) is 15.2. The molecule has 0 unspecified atom stereocenters. The van der Waals surface area contributed by atoms with Gasteiger partial charge in [-0.2, -0.15) is 0 Å². The van der Waals surface area contributed by atoms with Crippen molar-refractivity contribution in [1.82, 2.24) is 5.32 Å². The van der Waals surface area contributed by atoms with Crippen LogP contribution in [-0.2, 0) is 0 Å². The molecule has 0 atom stereocenters. The third-order valence-electron chi connectivity index (χ3n) is 1.38. The summed E-state index contributed by atoms with van der Waals surface area (Å²) < 4.78 is 0. The summed E-state index contributed by atoms with van der Waals surface area (Å²) in [5.41, 5.74) is 2.94. The Morgan fingerprint density at radius 1 is 1.00 bits per heavy atom. The summed E-state index contributed by atoms with van der Waals surface area (Å²) in [7, 11) is 0. The fourth-order valence-corrected chi connectivity index (χ4v) is 0.697. The second-order valence-corrected chi connectivity index (χ2v) is 2.76. The molecule has 0 aliphatic carbocycles. The molecule has 16 heavy (non-hydrogen) atoms. The molecule has 0 rings (SSSR count). The first-order valence-corrected chi connectivity index (χ1v) is 5.99. The molecular formula is C15H29N. The molecule has 0 aliphatic rings. The van der Waals surface area contributed by atoms with Crippen LogP contribution in [0.5, 0.6) is 0 Å². The quantitative estimate of drug-likeness (QED) is 0.646. The molecular weight excluding hydrogens is 194 g/mol. The Kier molecular flexibility index (Phi) is 20.5. The minimum atomic E-state index is 0.903. The second-order valence-electron chi connectivity index (χ2n) is 2.76. The van der Waals surface area contributed by atoms with Gasteiger partial charge < -0.3 is 5.32 Å². The zero-order chi connectivity index (χ0) is 13.6. The summed E-state index contributed by atoms with van der Waals surface area (Å²) in [6.07, 6.45) is 5.98. The molecule has 0 radical (unpaired) electrons. The van der Waals surface area contributed by atoms with Crippen molar-refractivity contribution in [1.29, 1.82) is 0 Å². The van der Waals surface area contributed by atoms with Crippen molar-refractivity contribution in [2.24, 2.45) is 0 Å². The lowest BCUT2D eigenvalue weighted by atomic mass is 10.2. The first-order valence-electron chi connectivity index (χ1n) is 5.99. The number of allylic oxidation sites excluding steroid dienone is 5. The summed E-state index contributed by atoms with van der Waals surface area (Å²) in [5, 5.41) is 3.06. The van der Waals surface area contributed by atoms with Gasteiger partial charge in [0.2, 0.25) is 0 Å². The van der Waals surface area contributed by atoms with Crippen LogP contribution in [-0.4, -0.2) is 0 Å². The predicted octanol–water partition coefficient (Wildman–Crippen LogP) is 5.20. The van der Waals surface area contributed by atoms with Crippen LogP contribution < -0.4 is 5.32 Å². The molecule has 0 fully saturated rings. The molecule has 0 spiro atoms. The molecule has 0 aromatic heterocycles. The van der Waals surface area contributed by atoms with E-state index in [0.717, 1.165) is 17.0 Å². The van der Waals surface area contributed by atoms with Crippen LogP contribution in [0.1, 0.15) is 48.5 Å². The van der Waals surface area contributed by atoms with E-state index in [4.69, 9.17) is 0 Å². The van der Waals surface area contributed by atoms with Gasteiger partial charge in [-0.05, 0) is 26.3 Å². The van der Waals surface area contributed by atoms with E-state index in [1.807, 2.05) is 66.7 Å². The molecule has 0 amide bonds. The summed E-state index contributed by atoms with van der Waals surface area (Å²) in [6, 6.07) is 0. The number of hydrogen-bond donors (Lipinski definition) is 1. The highest BCUT2D eigenvalue weighted by Crippen LogP contribution is 2.04. The van der Waals surface area contributed by atoms with Gasteiger partial charge in [0.1, 0.15) is 0 Å². The average Bonchev–Trinajstić information content (AvgIpc) is 2.30. The van der Waals surface area contributed by atoms with E-state index in [1.54, 1.807) is 0 Å². The van der Waals surface area contributed by atoms with Crippen molar-refractivity contribution in [2.75, 3.05) is 0 Å². The van der Waals surface area contributed by atoms with Crippen LogP contribution >= 0.6 is 0 Å². The van der Waals surface area contributed by atoms with E-state index < -0.39 is 0 Å². The maximum absolute atomic E-state index is 3.87. The minimum Gasteiger partial charge on any atom is -0.360 e. The summed E-state index contributed by atoms with van der Waals surface area (Å²) in [4.78, 5) is 0. The monoisotopic (exact) mass is 223 g/mol. The standard InChI is InChI=1S/C11H17N.2C2H6/c1-6-7-8-10(4)11(5)12-9(2)3;2*1-2/h6-8,12H,2,5H2,1,3-4H3;2*1-2H3/b7-6-,10-8+;;. The van der Waals surface area contributed by atoms with E-state index in [0.29, 0.717) is 0 Å².